The summed E-state index contributed by atoms with van der Waals surface area (Å²) < 4.78 is 125. The number of hydrogen-bond acceptors (Lipinski definition) is 1. The van der Waals surface area contributed by atoms with E-state index in [2.05, 4.69) is 4.74 Å². The molecule has 0 amide bonds. The topological polar surface area (TPSA) is 9.23 Å². The van der Waals surface area contributed by atoms with Crippen LogP contribution >= 0.6 is 0 Å². The fourth-order valence-corrected chi connectivity index (χ4v) is 2.82. The van der Waals surface area contributed by atoms with Gasteiger partial charge >= 0.3 is 12.3 Å². The maximum Gasteiger partial charge on any atom is 0.458 e. The van der Waals surface area contributed by atoms with E-state index in [-0.39, 0.29) is 23.6 Å². The molecule has 1 unspecified atom stereocenters. The van der Waals surface area contributed by atoms with E-state index < -0.39 is 52.4 Å². The molecule has 0 N–H and O–H groups in total. The van der Waals surface area contributed by atoms with Crippen LogP contribution in [0.4, 0.5) is 39.5 Å². The minimum absolute atomic E-state index is 0.130. The van der Waals surface area contributed by atoms with Crippen LogP contribution in [-0.2, 0) is 6.11 Å². The van der Waals surface area contributed by atoms with Gasteiger partial charge in [0.1, 0.15) is 34.6 Å². The molecule has 0 fully saturated rings. The Morgan fingerprint density at radius 1 is 0.871 bits per heavy atom. The van der Waals surface area contributed by atoms with Crippen LogP contribution in [0.2, 0.25) is 0 Å². The fraction of sp³-hybridized carbons (Fsp3) is 0.333. The second kappa shape index (κ2) is 9.12. The monoisotopic (exact) mass is 454 g/mol. The lowest BCUT2D eigenvalue weighted by Crippen LogP contribution is -2.25. The van der Waals surface area contributed by atoms with Crippen LogP contribution in [-0.4, -0.2) is 6.18 Å². The zero-order valence-corrected chi connectivity index (χ0v) is 16.1. The summed E-state index contributed by atoms with van der Waals surface area (Å²) in [7, 11) is 0. The summed E-state index contributed by atoms with van der Waals surface area (Å²) in [5.41, 5.74) is -2.97. The molecule has 0 bridgehead atoms. The second-order valence-electron chi connectivity index (χ2n) is 6.68. The standard InChI is InChI=1S/C21H15F9O/c1-3-4-11(2)12-7-17(24)19(18(25)8-12)21(29,30)31-13-9-15(22)14(16(23)10-13)5-6-20(26,27)28/h7-11H,3-4H2,1-2H3. The van der Waals surface area contributed by atoms with Gasteiger partial charge in [-0.15, -0.1) is 0 Å². The van der Waals surface area contributed by atoms with E-state index in [0.29, 0.717) is 30.9 Å². The number of alkyl halides is 5. The summed E-state index contributed by atoms with van der Waals surface area (Å²) in [5.74, 6) is -6.40. The smallest absolute Gasteiger partial charge is 0.429 e. The quantitative estimate of drug-likeness (QED) is 0.332. The van der Waals surface area contributed by atoms with Gasteiger partial charge in [0.25, 0.3) is 0 Å². The molecule has 168 valence electrons. The normalized spacial score (nSPS) is 12.9. The van der Waals surface area contributed by atoms with Gasteiger partial charge in [-0.3, -0.25) is 0 Å². The van der Waals surface area contributed by atoms with Crippen molar-refractivity contribution in [2.45, 2.75) is 44.9 Å². The first-order valence-electron chi connectivity index (χ1n) is 8.90. The summed E-state index contributed by atoms with van der Waals surface area (Å²) in [4.78, 5) is 0. The van der Waals surface area contributed by atoms with Crippen molar-refractivity contribution in [3.8, 4) is 17.6 Å². The average Bonchev–Trinajstić information content (AvgIpc) is 2.58. The second-order valence-corrected chi connectivity index (χ2v) is 6.68. The molecule has 1 atom stereocenters. The molecule has 31 heavy (non-hydrogen) atoms. The van der Waals surface area contributed by atoms with Gasteiger partial charge in [-0.1, -0.05) is 26.2 Å². The first kappa shape index (κ1) is 24.4. The minimum Gasteiger partial charge on any atom is -0.429 e. The lowest BCUT2D eigenvalue weighted by atomic mass is 9.95. The molecule has 2 rings (SSSR count). The first-order valence-corrected chi connectivity index (χ1v) is 8.90. The zero-order valence-electron chi connectivity index (χ0n) is 16.1. The zero-order chi connectivity index (χ0) is 23.6. The van der Waals surface area contributed by atoms with Crippen molar-refractivity contribution < 1.29 is 44.3 Å². The Hall–Kier alpha value is -2.83. The van der Waals surface area contributed by atoms with Gasteiger partial charge in [-0.2, -0.15) is 22.0 Å². The summed E-state index contributed by atoms with van der Waals surface area (Å²) in [5, 5.41) is 0. The molecule has 0 radical (unpaired) electrons. The fourth-order valence-electron chi connectivity index (χ4n) is 2.82. The molecule has 0 spiro atoms. The highest BCUT2D eigenvalue weighted by atomic mass is 19.4. The Bertz CT molecular complexity index is 970. The molecule has 1 nitrogen and oxygen atoms in total. The Labute approximate surface area is 171 Å². The van der Waals surface area contributed by atoms with E-state index in [9.17, 15) is 39.5 Å². The summed E-state index contributed by atoms with van der Waals surface area (Å²) in [6.45, 7) is 3.48. The molecule has 0 aliphatic heterocycles. The van der Waals surface area contributed by atoms with Crippen molar-refractivity contribution in [3.63, 3.8) is 0 Å². The van der Waals surface area contributed by atoms with Crippen molar-refractivity contribution in [2.24, 2.45) is 0 Å². The number of halogens is 9. The molecule has 2 aromatic carbocycles. The van der Waals surface area contributed by atoms with Crippen molar-refractivity contribution in [2.75, 3.05) is 0 Å². The number of rotatable bonds is 6. The molecule has 0 aliphatic carbocycles. The molecule has 0 saturated carbocycles. The lowest BCUT2D eigenvalue weighted by molar-refractivity contribution is -0.189. The van der Waals surface area contributed by atoms with E-state index in [4.69, 9.17) is 0 Å². The molecular formula is C21H15F9O. The SMILES string of the molecule is CCCC(C)c1cc(F)c(C(F)(F)Oc2cc(F)c(C#CC(F)(F)F)c(F)c2)c(F)c1. The van der Waals surface area contributed by atoms with Crippen molar-refractivity contribution in [1.82, 2.24) is 0 Å². The molecule has 0 aliphatic rings. The molecule has 2 aromatic rings. The van der Waals surface area contributed by atoms with Gasteiger partial charge in [0.2, 0.25) is 0 Å². The Morgan fingerprint density at radius 2 is 1.39 bits per heavy atom. The predicted molar refractivity (Wildman–Crippen MR) is 93.5 cm³/mol. The molecular weight excluding hydrogens is 439 g/mol. The van der Waals surface area contributed by atoms with Crippen molar-refractivity contribution in [1.29, 1.82) is 0 Å². The third kappa shape index (κ3) is 6.09. The Kier molecular flexibility index (Phi) is 7.19. The highest BCUT2D eigenvalue weighted by Gasteiger charge is 2.41. The Balaban J connectivity index is 2.39. The van der Waals surface area contributed by atoms with E-state index in [1.807, 2.05) is 6.92 Å². The van der Waals surface area contributed by atoms with Gasteiger partial charge in [-0.25, -0.2) is 17.6 Å². The Morgan fingerprint density at radius 3 is 1.84 bits per heavy atom. The predicted octanol–water partition coefficient (Wildman–Crippen LogP) is 7.19. The van der Waals surface area contributed by atoms with Crippen LogP contribution in [0.5, 0.6) is 5.75 Å². The number of benzene rings is 2. The molecule has 0 aromatic heterocycles. The highest BCUT2D eigenvalue weighted by molar-refractivity contribution is 5.42. The van der Waals surface area contributed by atoms with E-state index in [1.165, 1.54) is 5.92 Å². The van der Waals surface area contributed by atoms with Gasteiger partial charge in [0.15, 0.2) is 0 Å². The first-order chi connectivity index (χ1) is 14.2. The van der Waals surface area contributed by atoms with Gasteiger partial charge < -0.3 is 4.74 Å². The average molecular weight is 454 g/mol. The van der Waals surface area contributed by atoms with Crippen molar-refractivity contribution in [3.05, 3.63) is 64.2 Å². The van der Waals surface area contributed by atoms with E-state index in [0.717, 1.165) is 0 Å². The third-order valence-electron chi connectivity index (χ3n) is 4.24. The minimum atomic E-state index is -5.04. The number of ether oxygens (including phenoxy) is 1. The van der Waals surface area contributed by atoms with Crippen LogP contribution in [0.3, 0.4) is 0 Å². The van der Waals surface area contributed by atoms with Crippen LogP contribution in [0, 0.1) is 35.1 Å². The largest absolute Gasteiger partial charge is 0.458 e. The summed E-state index contributed by atoms with van der Waals surface area (Å²) in [6, 6.07) is 1.69. The lowest BCUT2D eigenvalue weighted by Gasteiger charge is -2.21. The van der Waals surface area contributed by atoms with Crippen LogP contribution in [0.15, 0.2) is 24.3 Å². The van der Waals surface area contributed by atoms with Crippen molar-refractivity contribution >= 4 is 0 Å². The molecule has 0 saturated heterocycles. The van der Waals surface area contributed by atoms with E-state index >= 15 is 0 Å². The van der Waals surface area contributed by atoms with Gasteiger partial charge in [0, 0.05) is 18.1 Å². The summed E-state index contributed by atoms with van der Waals surface area (Å²) in [6.07, 6.45) is -8.49. The van der Waals surface area contributed by atoms with E-state index in [1.54, 1.807) is 6.92 Å². The van der Waals surface area contributed by atoms with Gasteiger partial charge in [-0.05, 0) is 30.0 Å². The summed E-state index contributed by atoms with van der Waals surface area (Å²) >= 11 is 0. The maximum absolute atomic E-state index is 14.4. The number of hydrogen-bond donors (Lipinski definition) is 0. The van der Waals surface area contributed by atoms with Crippen LogP contribution < -0.4 is 4.74 Å². The third-order valence-corrected chi connectivity index (χ3v) is 4.24. The van der Waals surface area contributed by atoms with Gasteiger partial charge in [0.05, 0.1) is 5.56 Å². The maximum atomic E-state index is 14.4. The molecule has 10 heteroatoms. The van der Waals surface area contributed by atoms with Crippen LogP contribution in [0.1, 0.15) is 49.3 Å². The molecule has 0 heterocycles. The van der Waals surface area contributed by atoms with Crippen LogP contribution in [0.25, 0.3) is 0 Å². The highest BCUT2D eigenvalue weighted by Crippen LogP contribution is 2.37.